The molecule has 19 heteroatoms. The van der Waals surface area contributed by atoms with Crippen molar-refractivity contribution in [1.82, 2.24) is 44.9 Å². The first-order valence-corrected chi connectivity index (χ1v) is 13.3. The van der Waals surface area contributed by atoms with Gasteiger partial charge in [-0.2, -0.15) is 36.5 Å². The fourth-order valence-corrected chi connectivity index (χ4v) is 4.38. The van der Waals surface area contributed by atoms with Crippen LogP contribution in [0.25, 0.3) is 5.65 Å². The third kappa shape index (κ3) is 6.87. The van der Waals surface area contributed by atoms with E-state index in [4.69, 9.17) is 9.47 Å². The number of imidazole rings is 1. The van der Waals surface area contributed by atoms with Crippen molar-refractivity contribution in [3.05, 3.63) is 41.9 Å². The van der Waals surface area contributed by atoms with Crippen LogP contribution in [0.15, 0.2) is 24.8 Å². The van der Waals surface area contributed by atoms with Gasteiger partial charge in [0, 0.05) is 18.7 Å². The van der Waals surface area contributed by atoms with Crippen molar-refractivity contribution in [2.45, 2.75) is 69.8 Å². The zero-order valence-electron chi connectivity index (χ0n) is 24.3. The van der Waals surface area contributed by atoms with E-state index in [1.54, 1.807) is 13.8 Å². The van der Waals surface area contributed by atoms with E-state index in [0.29, 0.717) is 0 Å². The van der Waals surface area contributed by atoms with E-state index in [1.807, 2.05) is 5.32 Å². The van der Waals surface area contributed by atoms with Gasteiger partial charge in [-0.05, 0) is 33.8 Å². The van der Waals surface area contributed by atoms with E-state index >= 15 is 0 Å². The van der Waals surface area contributed by atoms with Crippen LogP contribution in [0, 0.1) is 0 Å². The lowest BCUT2D eigenvalue weighted by Gasteiger charge is -2.30. The maximum absolute atomic E-state index is 13.5. The van der Waals surface area contributed by atoms with Crippen molar-refractivity contribution < 1.29 is 45.4 Å². The summed E-state index contributed by atoms with van der Waals surface area (Å²) >= 11 is 0. The molecule has 3 amide bonds. The summed E-state index contributed by atoms with van der Waals surface area (Å²) in [5.74, 6) is -0.840. The third-order valence-corrected chi connectivity index (χ3v) is 7.00. The maximum Gasteiger partial charge on any atom is 0.416 e. The average molecular weight is 636 g/mol. The normalized spacial score (nSPS) is 17.8. The van der Waals surface area contributed by atoms with Crippen LogP contribution in [0.5, 0.6) is 0 Å². The Morgan fingerprint density at radius 3 is 2.45 bits per heavy atom. The number of carbonyl (C=O) groups is 2. The first-order valence-electron chi connectivity index (χ1n) is 13.3. The molecule has 13 nitrogen and oxygen atoms in total. The molecule has 1 saturated heterocycles. The van der Waals surface area contributed by atoms with Gasteiger partial charge >= 0.3 is 18.4 Å². The summed E-state index contributed by atoms with van der Waals surface area (Å²) < 4.78 is 93.4. The Hall–Kier alpha value is -4.00. The number of urea groups is 1. The number of rotatable bonds is 11. The SMILES string of the molecule is COCC(c1cnn2cc(C(COC(C)(C)C(F)(F)F)NC(=O)c3ncnn3C(C)C)nc2c1)N1C[C@@H](C(F)(F)F)NC1=O. The minimum Gasteiger partial charge on any atom is -0.382 e. The molecule has 3 atom stereocenters. The molecule has 4 rings (SSSR count). The van der Waals surface area contributed by atoms with Gasteiger partial charge in [0.05, 0.1) is 49.9 Å². The molecule has 0 saturated carbocycles. The number of alkyl halides is 6. The zero-order valence-corrected chi connectivity index (χ0v) is 24.3. The number of hydrogen-bond donors (Lipinski definition) is 2. The van der Waals surface area contributed by atoms with Gasteiger partial charge in [-0.25, -0.2) is 24.0 Å². The van der Waals surface area contributed by atoms with Crippen LogP contribution < -0.4 is 10.6 Å². The number of hydrogen-bond acceptors (Lipinski definition) is 8. The predicted octanol–water partition coefficient (Wildman–Crippen LogP) is 3.37. The second-order valence-electron chi connectivity index (χ2n) is 10.9. The molecule has 4 heterocycles. The highest BCUT2D eigenvalue weighted by atomic mass is 19.4. The molecule has 0 radical (unpaired) electrons. The van der Waals surface area contributed by atoms with Crippen molar-refractivity contribution in [2.24, 2.45) is 0 Å². The van der Waals surface area contributed by atoms with Crippen LogP contribution in [0.2, 0.25) is 0 Å². The smallest absolute Gasteiger partial charge is 0.382 e. The van der Waals surface area contributed by atoms with Crippen molar-refractivity contribution in [1.29, 1.82) is 0 Å². The molecular weight excluding hydrogens is 604 g/mol. The molecule has 1 aliphatic rings. The summed E-state index contributed by atoms with van der Waals surface area (Å²) in [7, 11) is 1.32. The van der Waals surface area contributed by atoms with Crippen LogP contribution in [-0.2, 0) is 9.47 Å². The minimum absolute atomic E-state index is 0.0657. The lowest BCUT2D eigenvalue weighted by molar-refractivity contribution is -0.265. The Morgan fingerprint density at radius 1 is 1.16 bits per heavy atom. The van der Waals surface area contributed by atoms with Gasteiger partial charge < -0.3 is 25.0 Å². The Labute approximate surface area is 246 Å². The van der Waals surface area contributed by atoms with Gasteiger partial charge in [0.15, 0.2) is 11.2 Å². The van der Waals surface area contributed by atoms with Crippen LogP contribution in [0.1, 0.15) is 67.7 Å². The van der Waals surface area contributed by atoms with Gasteiger partial charge in [-0.15, -0.1) is 0 Å². The quantitative estimate of drug-likeness (QED) is 0.306. The minimum atomic E-state index is -4.72. The monoisotopic (exact) mass is 635 g/mol. The molecule has 0 bridgehead atoms. The number of nitrogens with zero attached hydrogens (tertiary/aromatic N) is 7. The summed E-state index contributed by atoms with van der Waals surface area (Å²) in [6.45, 7) is 3.72. The molecule has 1 fully saturated rings. The summed E-state index contributed by atoms with van der Waals surface area (Å²) in [5, 5.41) is 12.7. The molecule has 0 aliphatic carbocycles. The second kappa shape index (κ2) is 12.2. The first-order chi connectivity index (χ1) is 20.4. The first kappa shape index (κ1) is 32.9. The van der Waals surface area contributed by atoms with Crippen molar-refractivity contribution in [3.8, 4) is 0 Å². The number of nitrogens with one attached hydrogen (secondary N) is 2. The van der Waals surface area contributed by atoms with Gasteiger partial charge in [0.1, 0.15) is 12.4 Å². The highest BCUT2D eigenvalue weighted by Crippen LogP contribution is 2.34. The number of carbonyl (C=O) groups excluding carboxylic acids is 2. The number of halogens is 6. The summed E-state index contributed by atoms with van der Waals surface area (Å²) in [5.41, 5.74) is -2.09. The zero-order chi connectivity index (χ0) is 32.6. The van der Waals surface area contributed by atoms with Gasteiger partial charge in [0.2, 0.25) is 5.82 Å². The molecule has 0 spiro atoms. The van der Waals surface area contributed by atoms with Gasteiger partial charge in [-0.1, -0.05) is 0 Å². The van der Waals surface area contributed by atoms with E-state index in [0.717, 1.165) is 25.1 Å². The topological polar surface area (TPSA) is 141 Å². The summed E-state index contributed by atoms with van der Waals surface area (Å²) in [4.78, 5) is 34.9. The lowest BCUT2D eigenvalue weighted by atomic mass is 10.1. The van der Waals surface area contributed by atoms with Crippen molar-refractivity contribution in [2.75, 3.05) is 26.9 Å². The van der Waals surface area contributed by atoms with E-state index in [1.165, 1.54) is 34.8 Å². The largest absolute Gasteiger partial charge is 0.416 e. The number of amides is 3. The molecule has 2 N–H and O–H groups in total. The number of ether oxygens (including phenoxy) is 2. The highest BCUT2D eigenvalue weighted by Gasteiger charge is 2.50. The van der Waals surface area contributed by atoms with E-state index in [-0.39, 0.29) is 35.4 Å². The summed E-state index contributed by atoms with van der Waals surface area (Å²) in [6, 6.07) is -4.02. The average Bonchev–Trinajstić information content (AvgIpc) is 3.66. The third-order valence-electron chi connectivity index (χ3n) is 7.00. The molecule has 44 heavy (non-hydrogen) atoms. The molecule has 1 aliphatic heterocycles. The Bertz CT molecular complexity index is 1490. The maximum atomic E-state index is 13.5. The number of fused-ring (bicyclic) bond motifs is 1. The molecule has 0 aromatic carbocycles. The Morgan fingerprint density at radius 2 is 1.86 bits per heavy atom. The number of methoxy groups -OCH3 is 1. The molecule has 242 valence electrons. The van der Waals surface area contributed by atoms with Crippen LogP contribution >= 0.6 is 0 Å². The second-order valence-corrected chi connectivity index (χ2v) is 10.9. The molecule has 3 aromatic rings. The fraction of sp³-hybridized carbons (Fsp3) is 0.600. The summed E-state index contributed by atoms with van der Waals surface area (Å²) in [6.07, 6.45) is -5.56. The van der Waals surface area contributed by atoms with Crippen LogP contribution in [0.3, 0.4) is 0 Å². The van der Waals surface area contributed by atoms with Crippen molar-refractivity contribution in [3.63, 3.8) is 0 Å². The Kier molecular flexibility index (Phi) is 9.11. The number of aromatic nitrogens is 6. The van der Waals surface area contributed by atoms with Crippen LogP contribution in [-0.4, -0.2) is 97.1 Å². The van der Waals surface area contributed by atoms with Gasteiger partial charge in [0.25, 0.3) is 5.91 Å². The van der Waals surface area contributed by atoms with E-state index < -0.39 is 61.2 Å². The van der Waals surface area contributed by atoms with Crippen molar-refractivity contribution >= 4 is 17.6 Å². The predicted molar refractivity (Wildman–Crippen MR) is 139 cm³/mol. The Balaban J connectivity index is 1.66. The highest BCUT2D eigenvalue weighted by molar-refractivity contribution is 5.90. The van der Waals surface area contributed by atoms with E-state index in [2.05, 4.69) is 25.5 Å². The van der Waals surface area contributed by atoms with Gasteiger partial charge in [-0.3, -0.25) is 4.79 Å². The molecular formula is C25H31F6N9O4. The molecule has 2 unspecified atom stereocenters. The fourth-order valence-electron chi connectivity index (χ4n) is 4.38. The van der Waals surface area contributed by atoms with E-state index in [9.17, 15) is 35.9 Å². The lowest BCUT2D eigenvalue weighted by Crippen LogP contribution is -2.44. The molecule has 3 aromatic heterocycles. The van der Waals surface area contributed by atoms with Crippen LogP contribution in [0.4, 0.5) is 31.1 Å². The standard InChI is InChI=1S/C25H31F6N9O4/c1-13(2)40-20(32-12-34-40)21(41)36-16(10-44-23(3,4)25(29,30)31)15-8-39-19(35-15)6-14(7-33-39)17(11-43-5)38-9-18(24(26,27)28)37-22(38)42/h6-8,12-13,16-18H,9-11H2,1-5H3,(H,36,41)(H,37,42)/t16?,17?,18-/m0/s1.